The smallest absolute Gasteiger partial charge is 0.330 e. The number of hydrogen-bond acceptors (Lipinski definition) is 3. The van der Waals surface area contributed by atoms with Gasteiger partial charge in [-0.3, -0.25) is 0 Å². The lowest BCUT2D eigenvalue weighted by molar-refractivity contribution is -0.137. The Balaban J connectivity index is 1.92. The van der Waals surface area contributed by atoms with Crippen LogP contribution < -0.4 is 4.74 Å². The highest BCUT2D eigenvalue weighted by atomic mass is 16.5. The molecule has 1 aromatic rings. The quantitative estimate of drug-likeness (QED) is 0.178. The Labute approximate surface area is 166 Å². The van der Waals surface area contributed by atoms with Crippen molar-refractivity contribution >= 4 is 12.0 Å². The summed E-state index contributed by atoms with van der Waals surface area (Å²) in [6.07, 6.45) is 19.0. The number of esters is 1. The molecule has 0 aliphatic rings. The predicted molar refractivity (Wildman–Crippen MR) is 114 cm³/mol. The topological polar surface area (TPSA) is 35.5 Å². The van der Waals surface area contributed by atoms with Crippen LogP contribution in [0.4, 0.5) is 0 Å². The zero-order chi connectivity index (χ0) is 19.6. The molecule has 1 aromatic carbocycles. The Hall–Kier alpha value is -1.77. The maximum Gasteiger partial charge on any atom is 0.330 e. The van der Waals surface area contributed by atoms with Crippen molar-refractivity contribution in [3.63, 3.8) is 0 Å². The van der Waals surface area contributed by atoms with Gasteiger partial charge in [-0.05, 0) is 30.2 Å². The molecule has 0 aromatic heterocycles. The van der Waals surface area contributed by atoms with Gasteiger partial charge in [0.25, 0.3) is 0 Å². The van der Waals surface area contributed by atoms with Crippen molar-refractivity contribution in [2.75, 3.05) is 13.7 Å². The molecule has 0 fully saturated rings. The van der Waals surface area contributed by atoms with Gasteiger partial charge in [-0.1, -0.05) is 89.7 Å². The van der Waals surface area contributed by atoms with Crippen LogP contribution in [0.3, 0.4) is 0 Å². The van der Waals surface area contributed by atoms with Crippen LogP contribution >= 0.6 is 0 Å². The van der Waals surface area contributed by atoms with Crippen molar-refractivity contribution in [2.24, 2.45) is 0 Å². The summed E-state index contributed by atoms with van der Waals surface area (Å²) in [7, 11) is 1.64. The van der Waals surface area contributed by atoms with Crippen molar-refractivity contribution in [1.82, 2.24) is 0 Å². The molecule has 0 saturated heterocycles. The monoisotopic (exact) mass is 374 g/mol. The van der Waals surface area contributed by atoms with Crippen molar-refractivity contribution in [3.8, 4) is 5.75 Å². The van der Waals surface area contributed by atoms with Gasteiger partial charge in [0.2, 0.25) is 0 Å². The summed E-state index contributed by atoms with van der Waals surface area (Å²) in [5.74, 6) is 0.538. The van der Waals surface area contributed by atoms with Crippen LogP contribution in [-0.2, 0) is 9.53 Å². The number of carbonyl (C=O) groups is 1. The summed E-state index contributed by atoms with van der Waals surface area (Å²) >= 11 is 0. The SMILES string of the molecule is CCCCCCCCCCCCCCOC(=O)/C=C/c1ccc(OC)cc1. The minimum absolute atomic E-state index is 0.270. The highest BCUT2D eigenvalue weighted by Gasteiger charge is 1.98. The van der Waals surface area contributed by atoms with Crippen molar-refractivity contribution in [1.29, 1.82) is 0 Å². The van der Waals surface area contributed by atoms with E-state index in [-0.39, 0.29) is 5.97 Å². The molecule has 0 amide bonds. The van der Waals surface area contributed by atoms with E-state index in [0.717, 1.165) is 24.2 Å². The van der Waals surface area contributed by atoms with Gasteiger partial charge < -0.3 is 9.47 Å². The highest BCUT2D eigenvalue weighted by molar-refractivity contribution is 5.87. The lowest BCUT2D eigenvalue weighted by atomic mass is 10.1. The molecule has 1 rings (SSSR count). The normalized spacial score (nSPS) is 11.0. The second-order valence-electron chi connectivity index (χ2n) is 7.16. The third-order valence-electron chi connectivity index (χ3n) is 4.77. The molecule has 27 heavy (non-hydrogen) atoms. The lowest BCUT2D eigenvalue weighted by Crippen LogP contribution is -2.02. The maximum absolute atomic E-state index is 11.7. The summed E-state index contributed by atoms with van der Waals surface area (Å²) in [5.41, 5.74) is 0.957. The summed E-state index contributed by atoms with van der Waals surface area (Å²) in [4.78, 5) is 11.7. The molecule has 3 heteroatoms. The van der Waals surface area contributed by atoms with E-state index >= 15 is 0 Å². The number of benzene rings is 1. The molecule has 0 bridgehead atoms. The highest BCUT2D eigenvalue weighted by Crippen LogP contribution is 2.13. The van der Waals surface area contributed by atoms with Crippen LogP contribution in [0.25, 0.3) is 6.08 Å². The first-order valence-electron chi connectivity index (χ1n) is 10.7. The maximum atomic E-state index is 11.7. The van der Waals surface area contributed by atoms with Gasteiger partial charge in [0.1, 0.15) is 5.75 Å². The minimum Gasteiger partial charge on any atom is -0.497 e. The molecule has 152 valence electrons. The van der Waals surface area contributed by atoms with Crippen LogP contribution in [0.1, 0.15) is 89.5 Å². The van der Waals surface area contributed by atoms with Crippen molar-refractivity contribution in [3.05, 3.63) is 35.9 Å². The summed E-state index contributed by atoms with van der Waals surface area (Å²) in [6.45, 7) is 2.78. The van der Waals surface area contributed by atoms with Crippen LogP contribution in [-0.4, -0.2) is 19.7 Å². The van der Waals surface area contributed by atoms with Gasteiger partial charge in [0.05, 0.1) is 13.7 Å². The molecule has 0 atom stereocenters. The molecule has 0 aliphatic heterocycles. The number of methoxy groups -OCH3 is 1. The summed E-state index contributed by atoms with van der Waals surface area (Å²) in [5, 5.41) is 0. The Kier molecular flexibility index (Phi) is 14.1. The fourth-order valence-corrected chi connectivity index (χ4v) is 3.04. The van der Waals surface area contributed by atoms with E-state index < -0.39 is 0 Å². The molecule has 0 N–H and O–H groups in total. The third kappa shape index (κ3) is 13.1. The van der Waals surface area contributed by atoms with Gasteiger partial charge in [-0.15, -0.1) is 0 Å². The largest absolute Gasteiger partial charge is 0.497 e. The minimum atomic E-state index is -0.270. The van der Waals surface area contributed by atoms with E-state index in [4.69, 9.17) is 9.47 Å². The standard InChI is InChI=1S/C24H38O3/c1-3-4-5-6-7-8-9-10-11-12-13-14-21-27-24(25)20-17-22-15-18-23(26-2)19-16-22/h15-20H,3-14,21H2,1-2H3/b20-17+. The second-order valence-corrected chi connectivity index (χ2v) is 7.16. The zero-order valence-electron chi connectivity index (χ0n) is 17.4. The fourth-order valence-electron chi connectivity index (χ4n) is 3.04. The molecule has 0 unspecified atom stereocenters. The van der Waals surface area contributed by atoms with Gasteiger partial charge in [-0.2, -0.15) is 0 Å². The van der Waals surface area contributed by atoms with Crippen LogP contribution in [0.15, 0.2) is 30.3 Å². The van der Waals surface area contributed by atoms with Crippen molar-refractivity contribution in [2.45, 2.75) is 84.0 Å². The summed E-state index contributed by atoms with van der Waals surface area (Å²) < 4.78 is 10.4. The molecule has 0 heterocycles. The number of ether oxygens (including phenoxy) is 2. The predicted octanol–water partition coefficient (Wildman–Crippen LogP) is 6.95. The van der Waals surface area contributed by atoms with Crippen LogP contribution in [0.5, 0.6) is 5.75 Å². The first kappa shape index (κ1) is 23.3. The Morgan fingerprint density at radius 3 is 1.85 bits per heavy atom. The van der Waals surface area contributed by atoms with Crippen LogP contribution in [0, 0.1) is 0 Å². The third-order valence-corrected chi connectivity index (χ3v) is 4.77. The number of rotatable bonds is 16. The van der Waals surface area contributed by atoms with E-state index in [1.807, 2.05) is 24.3 Å². The van der Waals surface area contributed by atoms with Gasteiger partial charge in [-0.25, -0.2) is 4.79 Å². The molecular formula is C24H38O3. The molecule has 3 nitrogen and oxygen atoms in total. The molecule has 0 spiro atoms. The van der Waals surface area contributed by atoms with E-state index in [9.17, 15) is 4.79 Å². The molecule has 0 saturated carbocycles. The number of unbranched alkanes of at least 4 members (excludes halogenated alkanes) is 11. The zero-order valence-corrected chi connectivity index (χ0v) is 17.4. The average molecular weight is 375 g/mol. The molecule has 0 radical (unpaired) electrons. The Morgan fingerprint density at radius 1 is 0.815 bits per heavy atom. The lowest BCUT2D eigenvalue weighted by Gasteiger charge is -2.04. The number of hydrogen-bond donors (Lipinski definition) is 0. The molecular weight excluding hydrogens is 336 g/mol. The van der Waals surface area contributed by atoms with Crippen molar-refractivity contribution < 1.29 is 14.3 Å². The second kappa shape index (κ2) is 16.4. The van der Waals surface area contributed by atoms with Gasteiger partial charge in [0, 0.05) is 6.08 Å². The van der Waals surface area contributed by atoms with Gasteiger partial charge >= 0.3 is 5.97 Å². The summed E-state index contributed by atoms with van der Waals surface area (Å²) in [6, 6.07) is 7.57. The Morgan fingerprint density at radius 2 is 1.33 bits per heavy atom. The van der Waals surface area contributed by atoms with E-state index in [2.05, 4.69) is 6.92 Å². The van der Waals surface area contributed by atoms with Crippen LogP contribution in [0.2, 0.25) is 0 Å². The average Bonchev–Trinajstić information content (AvgIpc) is 2.70. The first-order chi connectivity index (χ1) is 13.3. The Bertz CT molecular complexity index is 505. The van der Waals surface area contributed by atoms with Gasteiger partial charge in [0.15, 0.2) is 0 Å². The van der Waals surface area contributed by atoms with E-state index in [1.165, 1.54) is 70.3 Å². The van der Waals surface area contributed by atoms with E-state index in [1.54, 1.807) is 13.2 Å². The fraction of sp³-hybridized carbons (Fsp3) is 0.625. The number of carbonyl (C=O) groups excluding carboxylic acids is 1. The first-order valence-corrected chi connectivity index (χ1v) is 10.7. The molecule has 0 aliphatic carbocycles. The van der Waals surface area contributed by atoms with E-state index in [0.29, 0.717) is 6.61 Å².